The summed E-state index contributed by atoms with van der Waals surface area (Å²) in [6, 6.07) is 7.14. The average molecular weight is 355 g/mol. The Balaban J connectivity index is 1.46. The van der Waals surface area contributed by atoms with Crippen molar-refractivity contribution in [1.82, 2.24) is 15.5 Å². The zero-order valence-corrected chi connectivity index (χ0v) is 15.0. The summed E-state index contributed by atoms with van der Waals surface area (Å²) in [5, 5.41) is 7.72. The number of nitrogens with one attached hydrogen (secondary N) is 2. The molecule has 1 aliphatic rings. The van der Waals surface area contributed by atoms with Crippen molar-refractivity contribution in [2.75, 3.05) is 0 Å². The minimum Gasteiger partial charge on any atom is -0.361 e. The van der Waals surface area contributed by atoms with Gasteiger partial charge in [0.15, 0.2) is 0 Å². The van der Waals surface area contributed by atoms with Crippen LogP contribution in [-0.4, -0.2) is 16.0 Å². The van der Waals surface area contributed by atoms with Gasteiger partial charge in [0.05, 0.1) is 12.2 Å². The largest absolute Gasteiger partial charge is 0.361 e. The molecule has 0 atom stereocenters. The first-order chi connectivity index (χ1) is 12.4. The van der Waals surface area contributed by atoms with Crippen molar-refractivity contribution in [1.29, 1.82) is 0 Å². The van der Waals surface area contributed by atoms with Gasteiger partial charge in [0, 0.05) is 28.1 Å². The SMILES string of the molecule is Cc1cc(CCc2cc3[nH]c(CNC(=O)C4(C)CC4)cc3cc2F)no1. The fourth-order valence-electron chi connectivity index (χ4n) is 3.15. The van der Waals surface area contributed by atoms with Crippen LogP contribution in [0.2, 0.25) is 0 Å². The van der Waals surface area contributed by atoms with Gasteiger partial charge < -0.3 is 14.8 Å². The van der Waals surface area contributed by atoms with Crippen molar-refractivity contribution in [2.24, 2.45) is 5.41 Å². The molecule has 1 aliphatic carbocycles. The Morgan fingerprint density at radius 2 is 2.12 bits per heavy atom. The minimum absolute atomic E-state index is 0.0888. The lowest BCUT2D eigenvalue weighted by molar-refractivity contribution is -0.125. The maximum Gasteiger partial charge on any atom is 0.226 e. The van der Waals surface area contributed by atoms with Crippen LogP contribution in [0.1, 0.15) is 42.5 Å². The first kappa shape index (κ1) is 16.8. The van der Waals surface area contributed by atoms with Crippen molar-refractivity contribution < 1.29 is 13.7 Å². The van der Waals surface area contributed by atoms with E-state index in [-0.39, 0.29) is 17.1 Å². The van der Waals surface area contributed by atoms with Crippen LogP contribution >= 0.6 is 0 Å². The summed E-state index contributed by atoms with van der Waals surface area (Å²) < 4.78 is 19.4. The summed E-state index contributed by atoms with van der Waals surface area (Å²) in [7, 11) is 0. The van der Waals surface area contributed by atoms with Gasteiger partial charge in [-0.2, -0.15) is 0 Å². The van der Waals surface area contributed by atoms with Crippen LogP contribution in [0.5, 0.6) is 0 Å². The van der Waals surface area contributed by atoms with Crippen LogP contribution in [0.3, 0.4) is 0 Å². The van der Waals surface area contributed by atoms with E-state index < -0.39 is 0 Å². The van der Waals surface area contributed by atoms with Crippen LogP contribution < -0.4 is 5.32 Å². The zero-order chi connectivity index (χ0) is 18.3. The summed E-state index contributed by atoms with van der Waals surface area (Å²) in [5.41, 5.74) is 3.03. The van der Waals surface area contributed by atoms with E-state index in [9.17, 15) is 9.18 Å². The Morgan fingerprint density at radius 3 is 2.81 bits per heavy atom. The van der Waals surface area contributed by atoms with Gasteiger partial charge in [-0.3, -0.25) is 4.79 Å². The molecule has 1 amide bonds. The second-order valence-electron chi connectivity index (χ2n) is 7.50. The van der Waals surface area contributed by atoms with Crippen molar-refractivity contribution in [3.8, 4) is 0 Å². The number of halogens is 1. The highest BCUT2D eigenvalue weighted by Crippen LogP contribution is 2.45. The molecule has 0 bridgehead atoms. The van der Waals surface area contributed by atoms with Crippen LogP contribution in [0.4, 0.5) is 4.39 Å². The lowest BCUT2D eigenvalue weighted by Gasteiger charge is -2.08. The molecule has 26 heavy (non-hydrogen) atoms. The van der Waals surface area contributed by atoms with Crippen LogP contribution in [0.25, 0.3) is 10.9 Å². The zero-order valence-electron chi connectivity index (χ0n) is 15.0. The molecule has 2 aromatic heterocycles. The third kappa shape index (κ3) is 3.36. The van der Waals surface area contributed by atoms with Crippen molar-refractivity contribution in [2.45, 2.75) is 46.1 Å². The molecule has 0 saturated heterocycles. The fraction of sp³-hybridized carbons (Fsp3) is 0.400. The number of hydrogen-bond acceptors (Lipinski definition) is 3. The van der Waals surface area contributed by atoms with E-state index in [4.69, 9.17) is 4.52 Å². The van der Waals surface area contributed by atoms with E-state index in [0.717, 1.165) is 40.9 Å². The van der Waals surface area contributed by atoms with Gasteiger partial charge in [0.25, 0.3) is 0 Å². The first-order valence-electron chi connectivity index (χ1n) is 8.93. The second kappa shape index (κ2) is 6.27. The number of aromatic amines is 1. The standard InChI is InChI=1S/C20H22FN3O2/c1-12-7-15(24-26-12)4-3-13-10-18-14(9-17(13)21)8-16(23-18)11-22-19(25)20(2)5-6-20/h7-10,23H,3-6,11H2,1-2H3,(H,22,25). The van der Waals surface area contributed by atoms with Gasteiger partial charge in [-0.25, -0.2) is 4.39 Å². The van der Waals surface area contributed by atoms with Crippen molar-refractivity contribution in [3.63, 3.8) is 0 Å². The number of aryl methyl sites for hydroxylation is 3. The minimum atomic E-state index is -0.224. The van der Waals surface area contributed by atoms with Crippen LogP contribution in [0, 0.1) is 18.2 Å². The molecule has 1 aromatic carbocycles. The molecule has 0 spiro atoms. The predicted octanol–water partition coefficient (Wildman–Crippen LogP) is 3.80. The van der Waals surface area contributed by atoms with E-state index in [0.29, 0.717) is 24.9 Å². The maximum absolute atomic E-state index is 14.4. The summed E-state index contributed by atoms with van der Waals surface area (Å²) in [6.07, 6.45) is 3.08. The average Bonchev–Trinajstić information content (AvgIpc) is 3.04. The Kier molecular flexibility index (Phi) is 4.05. The van der Waals surface area contributed by atoms with Crippen molar-refractivity contribution >= 4 is 16.8 Å². The number of H-pyrrole nitrogens is 1. The normalized spacial score (nSPS) is 15.3. The van der Waals surface area contributed by atoms with Gasteiger partial charge in [0.1, 0.15) is 11.6 Å². The fourth-order valence-corrected chi connectivity index (χ4v) is 3.15. The molecule has 5 nitrogen and oxygen atoms in total. The number of carbonyl (C=O) groups excluding carboxylic acids is 1. The molecule has 1 saturated carbocycles. The molecule has 3 aromatic rings. The van der Waals surface area contributed by atoms with E-state index in [2.05, 4.69) is 15.5 Å². The summed E-state index contributed by atoms with van der Waals surface area (Å²) in [6.45, 7) is 4.25. The number of hydrogen-bond donors (Lipinski definition) is 2. The van der Waals surface area contributed by atoms with Gasteiger partial charge in [-0.15, -0.1) is 0 Å². The lowest BCUT2D eigenvalue weighted by Crippen LogP contribution is -2.29. The highest BCUT2D eigenvalue weighted by atomic mass is 19.1. The topological polar surface area (TPSA) is 70.9 Å². The summed E-state index contributed by atoms with van der Waals surface area (Å²) >= 11 is 0. The molecular formula is C20H22FN3O2. The maximum atomic E-state index is 14.4. The molecule has 1 fully saturated rings. The molecule has 2 heterocycles. The van der Waals surface area contributed by atoms with E-state index in [1.165, 1.54) is 0 Å². The molecule has 136 valence electrons. The van der Waals surface area contributed by atoms with E-state index in [1.54, 1.807) is 6.07 Å². The van der Waals surface area contributed by atoms with E-state index >= 15 is 0 Å². The molecule has 0 aliphatic heterocycles. The number of nitrogens with zero attached hydrogens (tertiary/aromatic N) is 1. The first-order valence-corrected chi connectivity index (χ1v) is 8.93. The van der Waals surface area contributed by atoms with Gasteiger partial charge in [-0.1, -0.05) is 12.1 Å². The summed E-state index contributed by atoms with van der Waals surface area (Å²) in [5.74, 6) is 0.621. The molecule has 0 unspecified atom stereocenters. The molecule has 0 radical (unpaired) electrons. The monoisotopic (exact) mass is 355 g/mol. The Hall–Kier alpha value is -2.63. The number of benzene rings is 1. The quantitative estimate of drug-likeness (QED) is 0.706. The highest BCUT2D eigenvalue weighted by molar-refractivity contribution is 5.85. The van der Waals surface area contributed by atoms with Gasteiger partial charge in [0.2, 0.25) is 5.91 Å². The molecular weight excluding hydrogens is 333 g/mol. The van der Waals surface area contributed by atoms with E-state index in [1.807, 2.05) is 32.0 Å². The second-order valence-corrected chi connectivity index (χ2v) is 7.50. The third-order valence-corrected chi connectivity index (χ3v) is 5.16. The van der Waals surface area contributed by atoms with Gasteiger partial charge in [-0.05, 0) is 56.4 Å². The number of fused-ring (bicyclic) bond motifs is 1. The number of aromatic nitrogens is 2. The smallest absolute Gasteiger partial charge is 0.226 e. The van der Waals surface area contributed by atoms with Crippen LogP contribution in [0.15, 0.2) is 28.8 Å². The van der Waals surface area contributed by atoms with Gasteiger partial charge >= 0.3 is 0 Å². The molecule has 4 rings (SSSR count). The number of carbonyl (C=O) groups is 1. The Bertz CT molecular complexity index is 969. The lowest BCUT2D eigenvalue weighted by atomic mass is 10.1. The predicted molar refractivity (Wildman–Crippen MR) is 96.1 cm³/mol. The number of rotatable bonds is 6. The summed E-state index contributed by atoms with van der Waals surface area (Å²) in [4.78, 5) is 15.3. The number of amides is 1. The third-order valence-electron chi connectivity index (χ3n) is 5.16. The Labute approximate surface area is 151 Å². The van der Waals surface area contributed by atoms with Crippen molar-refractivity contribution in [3.05, 3.63) is 52.8 Å². The Morgan fingerprint density at radius 1 is 1.31 bits per heavy atom. The molecule has 2 N–H and O–H groups in total. The molecule has 6 heteroatoms. The highest BCUT2D eigenvalue weighted by Gasteiger charge is 2.44. The van der Waals surface area contributed by atoms with Crippen LogP contribution in [-0.2, 0) is 24.2 Å².